The fraction of sp³-hybridized carbons (Fsp3) is 0.515. The van der Waals surface area contributed by atoms with Crippen LogP contribution in [0.3, 0.4) is 0 Å². The van der Waals surface area contributed by atoms with Crippen LogP contribution >= 0.6 is 0 Å². The number of methoxy groups -OCH3 is 1. The van der Waals surface area contributed by atoms with Crippen LogP contribution in [0.25, 0.3) is 33.6 Å². The number of aryl methyl sites for hydroxylation is 1. The van der Waals surface area contributed by atoms with Gasteiger partial charge in [0.15, 0.2) is 5.82 Å². The molecule has 1 saturated carbocycles. The second-order valence-corrected chi connectivity index (χ2v) is 13.3. The van der Waals surface area contributed by atoms with Crippen molar-refractivity contribution in [3.63, 3.8) is 0 Å². The number of nitrogens with zero attached hydrogens (tertiary/aromatic N) is 5. The molecular formula is C33H38F3N7O4. The predicted molar refractivity (Wildman–Crippen MR) is 168 cm³/mol. The third kappa shape index (κ3) is 5.60. The van der Waals surface area contributed by atoms with Crippen molar-refractivity contribution >= 4 is 33.9 Å². The zero-order chi connectivity index (χ0) is 33.4. The minimum Gasteiger partial charge on any atom is -0.494 e. The average Bonchev–Trinajstić information content (AvgIpc) is 3.63. The number of pyridine rings is 1. The molecule has 1 aromatic carbocycles. The maximum Gasteiger partial charge on any atom is 0.265 e. The first kappa shape index (κ1) is 31.4. The molecule has 2 fully saturated rings. The number of carbonyl (C=O) groups excluding carboxylic acids is 2. The molecule has 1 saturated heterocycles. The summed E-state index contributed by atoms with van der Waals surface area (Å²) in [4.78, 5) is 37.1. The van der Waals surface area contributed by atoms with Crippen molar-refractivity contribution in [1.82, 2.24) is 29.3 Å². The Morgan fingerprint density at radius 1 is 1.19 bits per heavy atom. The summed E-state index contributed by atoms with van der Waals surface area (Å²) in [5.41, 5.74) is 8.28. The number of amides is 2. The summed E-state index contributed by atoms with van der Waals surface area (Å²) in [5.74, 6) is -2.97. The molecular weight excluding hydrogens is 615 g/mol. The fourth-order valence-corrected chi connectivity index (χ4v) is 7.13. The number of carbonyl (C=O) groups is 2. The molecule has 250 valence electrons. The first-order chi connectivity index (χ1) is 22.3. The number of imidazole rings is 1. The van der Waals surface area contributed by atoms with Gasteiger partial charge in [-0.15, -0.1) is 0 Å². The summed E-state index contributed by atoms with van der Waals surface area (Å²) in [6.45, 7) is 0.879. The Morgan fingerprint density at radius 3 is 2.72 bits per heavy atom. The molecule has 2 aliphatic heterocycles. The maximum atomic E-state index is 15.7. The van der Waals surface area contributed by atoms with Gasteiger partial charge in [0.05, 0.1) is 49.2 Å². The third-order valence-corrected chi connectivity index (χ3v) is 9.89. The standard InChI is InChI=1S/C33H38F3N7O4/c1-16-23-7-6-18-11-25(43(29(18)39-23)15-33(35,36)8-4-5-17-9-20(17)31(45)38-16)30-40-24-10-19(12-26(47-3)27(24)41(30)2)32(46)42-13-21(34)28(44)22(37)14-42/h6-7,10-12,16-17,20-22,28,44H,4-5,8-9,13-15,37H2,1-3H3,(H,38,45)/t16-,17-,20-,21+,22+,28-/m1/s1. The monoisotopic (exact) mass is 653 g/mol. The zero-order valence-electron chi connectivity index (χ0n) is 26.4. The number of likely N-dealkylation sites (tertiary alicyclic amines) is 1. The molecule has 7 rings (SSSR count). The van der Waals surface area contributed by atoms with Crippen molar-refractivity contribution in [2.75, 3.05) is 20.2 Å². The van der Waals surface area contributed by atoms with Gasteiger partial charge in [-0.1, -0.05) is 0 Å². The van der Waals surface area contributed by atoms with E-state index in [-0.39, 0.29) is 42.8 Å². The van der Waals surface area contributed by atoms with E-state index in [1.807, 2.05) is 13.0 Å². The van der Waals surface area contributed by atoms with Crippen molar-refractivity contribution in [3.05, 3.63) is 41.6 Å². The largest absolute Gasteiger partial charge is 0.494 e. The third-order valence-electron chi connectivity index (χ3n) is 9.89. The van der Waals surface area contributed by atoms with Crippen molar-refractivity contribution in [2.45, 2.75) is 69.4 Å². The van der Waals surface area contributed by atoms with E-state index < -0.39 is 42.7 Å². The second-order valence-electron chi connectivity index (χ2n) is 13.3. The van der Waals surface area contributed by atoms with Crippen LogP contribution in [0.15, 0.2) is 30.3 Å². The number of ether oxygens (including phenoxy) is 1. The predicted octanol–water partition coefficient (Wildman–Crippen LogP) is 3.71. The topological polar surface area (TPSA) is 141 Å². The van der Waals surface area contributed by atoms with Gasteiger partial charge in [0, 0.05) is 36.9 Å². The average molecular weight is 654 g/mol. The quantitative estimate of drug-likeness (QED) is 0.306. The maximum absolute atomic E-state index is 15.7. The van der Waals surface area contributed by atoms with Gasteiger partial charge in [0.25, 0.3) is 11.8 Å². The smallest absolute Gasteiger partial charge is 0.265 e. The highest BCUT2D eigenvalue weighted by Gasteiger charge is 2.44. The van der Waals surface area contributed by atoms with Gasteiger partial charge in [0.2, 0.25) is 5.91 Å². The van der Waals surface area contributed by atoms with Crippen LogP contribution in [0.5, 0.6) is 5.75 Å². The normalized spacial score (nSPS) is 27.8. The molecule has 6 atom stereocenters. The van der Waals surface area contributed by atoms with Crippen LogP contribution in [0.1, 0.15) is 54.7 Å². The summed E-state index contributed by atoms with van der Waals surface area (Å²) >= 11 is 0. The lowest BCUT2D eigenvalue weighted by Gasteiger charge is -2.36. The van der Waals surface area contributed by atoms with E-state index in [1.165, 1.54) is 22.6 Å². The lowest BCUT2D eigenvalue weighted by molar-refractivity contribution is -0.123. The minimum atomic E-state index is -3.06. The SMILES string of the molecule is COc1cc(C(=O)N2C[C@H](N)[C@H](O)[C@@H](F)C2)cc2nc(-c3cc4ccc5nc4n3CC(F)(F)CCC[C@@H]3C[C@H]3C(=O)N[C@@H]5C)n(C)c12. The molecule has 0 unspecified atom stereocenters. The number of aromatic nitrogens is 4. The highest BCUT2D eigenvalue weighted by atomic mass is 19.3. The van der Waals surface area contributed by atoms with Crippen LogP contribution in [-0.4, -0.2) is 85.4 Å². The van der Waals surface area contributed by atoms with Crippen LogP contribution in [0, 0.1) is 11.8 Å². The number of piperidine rings is 1. The molecule has 0 spiro atoms. The molecule has 2 bridgehead atoms. The van der Waals surface area contributed by atoms with Crippen molar-refractivity contribution in [3.8, 4) is 17.3 Å². The Bertz CT molecular complexity index is 1880. The van der Waals surface area contributed by atoms with E-state index >= 15 is 8.78 Å². The minimum absolute atomic E-state index is 0.0267. The second kappa shape index (κ2) is 11.5. The Kier molecular flexibility index (Phi) is 7.70. The number of aliphatic hydroxyl groups is 1. The van der Waals surface area contributed by atoms with Crippen LogP contribution < -0.4 is 15.8 Å². The fourth-order valence-electron chi connectivity index (χ4n) is 7.13. The number of aliphatic hydroxyl groups excluding tert-OH is 1. The number of hydrogen-bond donors (Lipinski definition) is 3. The van der Waals surface area contributed by atoms with Gasteiger partial charge < -0.3 is 34.9 Å². The number of benzene rings is 1. The Morgan fingerprint density at radius 2 is 1.98 bits per heavy atom. The summed E-state index contributed by atoms with van der Waals surface area (Å²) in [6.07, 6.45) is -1.78. The van der Waals surface area contributed by atoms with Crippen molar-refractivity contribution in [2.24, 2.45) is 24.6 Å². The number of alkyl halides is 3. The highest BCUT2D eigenvalue weighted by Crippen LogP contribution is 2.44. The number of fused-ring (bicyclic) bond motifs is 3. The number of nitrogens with two attached hydrogens (primary N) is 1. The van der Waals surface area contributed by atoms with E-state index in [2.05, 4.69) is 5.32 Å². The molecule has 47 heavy (non-hydrogen) atoms. The molecule has 3 aliphatic rings. The number of rotatable bonds is 3. The van der Waals surface area contributed by atoms with Crippen LogP contribution in [0.4, 0.5) is 13.2 Å². The first-order valence-electron chi connectivity index (χ1n) is 16.0. The Hall–Kier alpha value is -4.17. The van der Waals surface area contributed by atoms with E-state index in [9.17, 15) is 19.1 Å². The molecule has 0 radical (unpaired) electrons. The summed E-state index contributed by atoms with van der Waals surface area (Å²) in [5, 5.41) is 13.6. The van der Waals surface area contributed by atoms with Gasteiger partial charge in [-0.05, 0) is 62.4 Å². The van der Waals surface area contributed by atoms with E-state index in [0.717, 1.165) is 6.42 Å². The summed E-state index contributed by atoms with van der Waals surface area (Å²) < 4.78 is 54.6. The van der Waals surface area contributed by atoms with Gasteiger partial charge in [-0.25, -0.2) is 23.1 Å². The van der Waals surface area contributed by atoms with Crippen LogP contribution in [0.2, 0.25) is 0 Å². The number of halogens is 3. The first-order valence-corrected chi connectivity index (χ1v) is 16.0. The molecule has 2 amide bonds. The molecule has 3 aromatic heterocycles. The summed E-state index contributed by atoms with van der Waals surface area (Å²) in [6, 6.07) is 7.10. The van der Waals surface area contributed by atoms with E-state index in [4.69, 9.17) is 20.4 Å². The Labute approximate surface area is 268 Å². The van der Waals surface area contributed by atoms with Crippen molar-refractivity contribution in [1.29, 1.82) is 0 Å². The zero-order valence-corrected chi connectivity index (χ0v) is 26.4. The molecule has 4 aromatic rings. The van der Waals surface area contributed by atoms with Gasteiger partial charge in [-0.3, -0.25) is 9.59 Å². The molecule has 4 N–H and O–H groups in total. The molecule has 14 heteroatoms. The van der Waals surface area contributed by atoms with Crippen LogP contribution in [-0.2, 0) is 18.4 Å². The van der Waals surface area contributed by atoms with Gasteiger partial charge in [0.1, 0.15) is 29.2 Å². The Balaban J connectivity index is 1.32. The van der Waals surface area contributed by atoms with Gasteiger partial charge in [-0.2, -0.15) is 0 Å². The van der Waals surface area contributed by atoms with E-state index in [1.54, 1.807) is 29.8 Å². The lowest BCUT2D eigenvalue weighted by atomic mass is 10.0. The van der Waals surface area contributed by atoms with E-state index in [0.29, 0.717) is 57.9 Å². The number of hydrogen-bond acceptors (Lipinski definition) is 7. The molecule has 5 heterocycles. The number of nitrogens with one attached hydrogen (secondary N) is 1. The molecule has 11 nitrogen and oxygen atoms in total. The lowest BCUT2D eigenvalue weighted by Crippen LogP contribution is -2.58. The highest BCUT2D eigenvalue weighted by molar-refractivity contribution is 6.00. The van der Waals surface area contributed by atoms with Gasteiger partial charge >= 0.3 is 0 Å². The van der Waals surface area contributed by atoms with Crippen molar-refractivity contribution < 1.29 is 32.6 Å². The summed E-state index contributed by atoms with van der Waals surface area (Å²) in [7, 11) is 3.18. The molecule has 1 aliphatic carbocycles.